The molecule has 0 radical (unpaired) electrons. The average Bonchev–Trinajstić information content (AvgIpc) is 2.91. The molecule has 40 heavy (non-hydrogen) atoms. The summed E-state index contributed by atoms with van der Waals surface area (Å²) in [7, 11) is 0. The highest BCUT2D eigenvalue weighted by molar-refractivity contribution is 5.92. The minimum absolute atomic E-state index is 0.0213. The molecule has 1 amide bonds. The van der Waals surface area contributed by atoms with Gasteiger partial charge >= 0.3 is 6.18 Å². The first-order valence-corrected chi connectivity index (χ1v) is 13.0. The highest BCUT2D eigenvalue weighted by Crippen LogP contribution is 2.34. The van der Waals surface area contributed by atoms with Gasteiger partial charge in [0.25, 0.3) is 0 Å². The minimum Gasteiger partial charge on any atom is -0.492 e. The molecule has 3 aromatic rings. The van der Waals surface area contributed by atoms with Gasteiger partial charge < -0.3 is 19.5 Å². The van der Waals surface area contributed by atoms with Crippen molar-refractivity contribution in [1.29, 1.82) is 0 Å². The van der Waals surface area contributed by atoms with Crippen LogP contribution >= 0.6 is 0 Å². The molecule has 11 heteroatoms. The van der Waals surface area contributed by atoms with Crippen LogP contribution in [0.25, 0.3) is 11.1 Å². The van der Waals surface area contributed by atoms with Gasteiger partial charge in [0.15, 0.2) is 0 Å². The normalized spacial score (nSPS) is 14.2. The Kier molecular flexibility index (Phi) is 9.59. The summed E-state index contributed by atoms with van der Waals surface area (Å²) in [4.78, 5) is 19.1. The fourth-order valence-corrected chi connectivity index (χ4v) is 4.26. The number of pyridine rings is 1. The Morgan fingerprint density at radius 1 is 1.07 bits per heavy atom. The number of anilines is 1. The van der Waals surface area contributed by atoms with E-state index in [1.54, 1.807) is 18.3 Å². The van der Waals surface area contributed by atoms with E-state index < -0.39 is 23.5 Å². The Balaban J connectivity index is 1.43. The fourth-order valence-electron chi connectivity index (χ4n) is 4.26. The summed E-state index contributed by atoms with van der Waals surface area (Å²) in [6, 6.07) is 9.22. The third-order valence-corrected chi connectivity index (χ3v) is 6.38. The SMILES string of the molecule is CCOc1cc(-c2ccc(CC(=O)Nc3cc(OCCN4CCOCC4)cc(C(F)(F)F)c3)c(F)c2)cnc1C. The number of benzene rings is 2. The second-order valence-corrected chi connectivity index (χ2v) is 9.32. The van der Waals surface area contributed by atoms with Gasteiger partial charge in [-0.15, -0.1) is 0 Å². The lowest BCUT2D eigenvalue weighted by Crippen LogP contribution is -2.38. The highest BCUT2D eigenvalue weighted by Gasteiger charge is 2.31. The molecule has 1 aromatic heterocycles. The topological polar surface area (TPSA) is 72.9 Å². The average molecular weight is 562 g/mol. The summed E-state index contributed by atoms with van der Waals surface area (Å²) < 4.78 is 71.9. The molecule has 0 saturated carbocycles. The first kappa shape index (κ1) is 29.3. The van der Waals surface area contributed by atoms with E-state index in [0.717, 1.165) is 25.2 Å². The molecule has 7 nitrogen and oxygen atoms in total. The van der Waals surface area contributed by atoms with Crippen molar-refractivity contribution in [2.75, 3.05) is 51.4 Å². The van der Waals surface area contributed by atoms with Gasteiger partial charge in [-0.2, -0.15) is 13.2 Å². The Morgan fingerprint density at radius 2 is 1.85 bits per heavy atom. The predicted molar refractivity (Wildman–Crippen MR) is 142 cm³/mol. The molecule has 0 bridgehead atoms. The molecule has 1 saturated heterocycles. The molecular formula is C29H31F4N3O4. The number of alkyl halides is 3. The molecule has 1 aliphatic rings. The lowest BCUT2D eigenvalue weighted by Gasteiger charge is -2.26. The highest BCUT2D eigenvalue weighted by atomic mass is 19.4. The summed E-state index contributed by atoms with van der Waals surface area (Å²) in [6.07, 6.45) is -3.41. The van der Waals surface area contributed by atoms with Crippen LogP contribution in [0.2, 0.25) is 0 Å². The van der Waals surface area contributed by atoms with E-state index in [2.05, 4.69) is 15.2 Å². The maximum Gasteiger partial charge on any atom is 0.416 e. The summed E-state index contributed by atoms with van der Waals surface area (Å²) in [5, 5.41) is 2.45. The number of hydrogen-bond donors (Lipinski definition) is 1. The van der Waals surface area contributed by atoms with E-state index in [1.807, 2.05) is 13.8 Å². The van der Waals surface area contributed by atoms with E-state index in [0.29, 0.717) is 48.9 Å². The van der Waals surface area contributed by atoms with E-state index in [1.165, 1.54) is 18.2 Å². The van der Waals surface area contributed by atoms with Crippen LogP contribution in [0.3, 0.4) is 0 Å². The number of halogens is 4. The largest absolute Gasteiger partial charge is 0.492 e. The third-order valence-electron chi connectivity index (χ3n) is 6.38. The van der Waals surface area contributed by atoms with Gasteiger partial charge in [-0.1, -0.05) is 12.1 Å². The first-order chi connectivity index (χ1) is 19.1. The third kappa shape index (κ3) is 7.92. The molecule has 1 aliphatic heterocycles. The number of morpholine rings is 1. The number of carbonyl (C=O) groups excluding carboxylic acids is 1. The van der Waals surface area contributed by atoms with Crippen molar-refractivity contribution in [2.24, 2.45) is 0 Å². The Morgan fingerprint density at radius 3 is 2.55 bits per heavy atom. The predicted octanol–water partition coefficient (Wildman–Crippen LogP) is 5.51. The number of aromatic nitrogens is 1. The van der Waals surface area contributed by atoms with Crippen molar-refractivity contribution in [3.05, 3.63) is 71.3 Å². The van der Waals surface area contributed by atoms with Gasteiger partial charge in [0.05, 0.1) is 37.5 Å². The lowest BCUT2D eigenvalue weighted by atomic mass is 10.0. The van der Waals surface area contributed by atoms with Crippen molar-refractivity contribution < 1.29 is 36.6 Å². The molecule has 2 heterocycles. The number of carbonyl (C=O) groups is 1. The maximum atomic E-state index is 14.9. The van der Waals surface area contributed by atoms with Gasteiger partial charge in [-0.3, -0.25) is 14.7 Å². The van der Waals surface area contributed by atoms with E-state index in [9.17, 15) is 22.4 Å². The molecule has 2 aromatic carbocycles. The van der Waals surface area contributed by atoms with Crippen molar-refractivity contribution in [1.82, 2.24) is 9.88 Å². The van der Waals surface area contributed by atoms with Crippen LogP contribution < -0.4 is 14.8 Å². The summed E-state index contributed by atoms with van der Waals surface area (Å²) in [5.41, 5.74) is 0.952. The zero-order valence-electron chi connectivity index (χ0n) is 22.3. The number of ether oxygens (including phenoxy) is 3. The zero-order chi connectivity index (χ0) is 28.7. The second kappa shape index (κ2) is 13.1. The first-order valence-electron chi connectivity index (χ1n) is 13.0. The second-order valence-electron chi connectivity index (χ2n) is 9.32. The van der Waals surface area contributed by atoms with Crippen LogP contribution in [-0.4, -0.2) is 61.9 Å². The molecule has 1 fully saturated rings. The number of hydrogen-bond acceptors (Lipinski definition) is 6. The number of nitrogens with zero attached hydrogens (tertiary/aromatic N) is 2. The van der Waals surface area contributed by atoms with Crippen LogP contribution in [-0.2, 0) is 22.1 Å². The molecule has 1 N–H and O–H groups in total. The molecule has 0 aliphatic carbocycles. The van der Waals surface area contributed by atoms with Crippen LogP contribution in [0.1, 0.15) is 23.7 Å². The molecule has 0 atom stereocenters. The zero-order valence-corrected chi connectivity index (χ0v) is 22.3. The van der Waals surface area contributed by atoms with Crippen molar-refractivity contribution in [3.8, 4) is 22.6 Å². The summed E-state index contributed by atoms with van der Waals surface area (Å²) in [6.45, 7) is 7.47. The van der Waals surface area contributed by atoms with Crippen LogP contribution in [0.4, 0.5) is 23.2 Å². The number of rotatable bonds is 10. The van der Waals surface area contributed by atoms with Crippen molar-refractivity contribution in [2.45, 2.75) is 26.4 Å². The van der Waals surface area contributed by atoms with Gasteiger partial charge in [0.1, 0.15) is 23.9 Å². The monoisotopic (exact) mass is 561 g/mol. The number of nitrogens with one attached hydrogen (secondary N) is 1. The summed E-state index contributed by atoms with van der Waals surface area (Å²) >= 11 is 0. The van der Waals surface area contributed by atoms with Gasteiger partial charge in [-0.05, 0) is 49.2 Å². The van der Waals surface area contributed by atoms with E-state index >= 15 is 0 Å². The molecule has 4 rings (SSSR count). The fraction of sp³-hybridized carbons (Fsp3) is 0.379. The molecule has 0 unspecified atom stereocenters. The maximum absolute atomic E-state index is 14.9. The lowest BCUT2D eigenvalue weighted by molar-refractivity contribution is -0.137. The smallest absolute Gasteiger partial charge is 0.416 e. The van der Waals surface area contributed by atoms with Gasteiger partial charge in [0, 0.05) is 43.1 Å². The van der Waals surface area contributed by atoms with Gasteiger partial charge in [0.2, 0.25) is 5.91 Å². The minimum atomic E-state index is -4.64. The number of amides is 1. The van der Waals surface area contributed by atoms with Crippen molar-refractivity contribution >= 4 is 11.6 Å². The molecule has 214 valence electrons. The number of aryl methyl sites for hydroxylation is 1. The quantitative estimate of drug-likeness (QED) is 0.330. The molecule has 0 spiro atoms. The van der Waals surface area contributed by atoms with Crippen LogP contribution in [0.5, 0.6) is 11.5 Å². The van der Waals surface area contributed by atoms with E-state index in [4.69, 9.17) is 14.2 Å². The Bertz CT molecular complexity index is 1330. The Hall–Kier alpha value is -3.70. The van der Waals surface area contributed by atoms with E-state index in [-0.39, 0.29) is 30.0 Å². The summed E-state index contributed by atoms with van der Waals surface area (Å²) in [5.74, 6) is -0.718. The standard InChI is InChI=1S/C29H31F4N3O4/c1-3-39-27-13-22(18-34-19(27)2)20-4-5-21(26(30)12-20)14-28(37)35-24-15-23(29(31,32)33)16-25(17-24)40-11-8-36-6-9-38-10-7-36/h4-5,12-13,15-18H,3,6-11,14H2,1-2H3,(H,35,37). The van der Waals surface area contributed by atoms with Gasteiger partial charge in [-0.25, -0.2) is 4.39 Å². The Labute approximate surface area is 230 Å². The van der Waals surface area contributed by atoms with Crippen molar-refractivity contribution in [3.63, 3.8) is 0 Å². The van der Waals surface area contributed by atoms with Crippen LogP contribution in [0.15, 0.2) is 48.7 Å². The van der Waals surface area contributed by atoms with Crippen LogP contribution in [0, 0.1) is 12.7 Å². The molecular weight excluding hydrogens is 530 g/mol.